The molecule has 4 nitrogen and oxygen atoms in total. The van der Waals surface area contributed by atoms with Gasteiger partial charge >= 0.3 is 0 Å². The highest BCUT2D eigenvalue weighted by Gasteiger charge is 2.18. The number of nitrogens with zero attached hydrogens (tertiary/aromatic N) is 2. The van der Waals surface area contributed by atoms with E-state index in [4.69, 9.17) is 4.74 Å². The van der Waals surface area contributed by atoms with E-state index in [1.807, 2.05) is 36.5 Å². The third-order valence-corrected chi connectivity index (χ3v) is 4.39. The number of rotatable bonds is 4. The van der Waals surface area contributed by atoms with Crippen LogP contribution in [0.25, 0.3) is 11.3 Å². The molecule has 1 fully saturated rings. The van der Waals surface area contributed by atoms with Gasteiger partial charge in [-0.1, -0.05) is 6.92 Å². The second-order valence-corrected chi connectivity index (χ2v) is 6.10. The molecule has 0 unspecified atom stereocenters. The molecule has 0 spiro atoms. The Labute approximate surface area is 132 Å². The summed E-state index contributed by atoms with van der Waals surface area (Å²) in [6, 6.07) is 10.4. The van der Waals surface area contributed by atoms with Crippen LogP contribution in [0.15, 0.2) is 36.5 Å². The van der Waals surface area contributed by atoms with Gasteiger partial charge in [-0.25, -0.2) is 9.97 Å². The second-order valence-electron chi connectivity index (χ2n) is 6.10. The van der Waals surface area contributed by atoms with E-state index in [-0.39, 0.29) is 0 Å². The lowest BCUT2D eigenvalue weighted by Gasteiger charge is -2.26. The SMILES string of the molecule is COc1ccc(-c2ccnc(NC3CCC(C)CC3)n2)cc1. The lowest BCUT2D eigenvalue weighted by atomic mass is 9.87. The molecule has 1 heterocycles. The van der Waals surface area contributed by atoms with E-state index in [1.54, 1.807) is 7.11 Å². The Bertz CT molecular complexity index is 604. The van der Waals surface area contributed by atoms with Crippen LogP contribution in [-0.4, -0.2) is 23.1 Å². The van der Waals surface area contributed by atoms with E-state index in [9.17, 15) is 0 Å². The van der Waals surface area contributed by atoms with Crippen LogP contribution in [0.5, 0.6) is 5.75 Å². The molecule has 1 aromatic heterocycles. The van der Waals surface area contributed by atoms with Gasteiger partial charge in [0, 0.05) is 17.8 Å². The first-order valence-corrected chi connectivity index (χ1v) is 7.98. The molecule has 1 N–H and O–H groups in total. The van der Waals surface area contributed by atoms with Gasteiger partial charge in [-0.15, -0.1) is 0 Å². The van der Waals surface area contributed by atoms with Gasteiger partial charge in [0.05, 0.1) is 12.8 Å². The molecule has 1 saturated carbocycles. The molecule has 22 heavy (non-hydrogen) atoms. The molecular formula is C18H23N3O. The maximum absolute atomic E-state index is 5.19. The van der Waals surface area contributed by atoms with Gasteiger partial charge in [0.25, 0.3) is 0 Å². The number of ether oxygens (including phenoxy) is 1. The highest BCUT2D eigenvalue weighted by Crippen LogP contribution is 2.26. The Kier molecular flexibility index (Phi) is 4.56. The minimum Gasteiger partial charge on any atom is -0.497 e. The van der Waals surface area contributed by atoms with Crippen LogP contribution in [0.3, 0.4) is 0 Å². The predicted molar refractivity (Wildman–Crippen MR) is 89.1 cm³/mol. The van der Waals surface area contributed by atoms with Crippen molar-refractivity contribution in [1.29, 1.82) is 0 Å². The van der Waals surface area contributed by atoms with E-state index >= 15 is 0 Å². The van der Waals surface area contributed by atoms with Gasteiger partial charge in [-0.05, 0) is 61.9 Å². The number of benzene rings is 1. The lowest BCUT2D eigenvalue weighted by Crippen LogP contribution is -2.26. The Morgan fingerprint density at radius 3 is 2.45 bits per heavy atom. The Morgan fingerprint density at radius 2 is 1.77 bits per heavy atom. The van der Waals surface area contributed by atoms with E-state index in [1.165, 1.54) is 25.7 Å². The van der Waals surface area contributed by atoms with Crippen molar-refractivity contribution in [3.63, 3.8) is 0 Å². The number of aromatic nitrogens is 2. The monoisotopic (exact) mass is 297 g/mol. The number of nitrogens with one attached hydrogen (secondary N) is 1. The molecular weight excluding hydrogens is 274 g/mol. The van der Waals surface area contributed by atoms with Crippen molar-refractivity contribution in [3.8, 4) is 17.0 Å². The fourth-order valence-corrected chi connectivity index (χ4v) is 2.94. The minimum absolute atomic E-state index is 0.502. The van der Waals surface area contributed by atoms with Crippen LogP contribution >= 0.6 is 0 Å². The quantitative estimate of drug-likeness (QED) is 0.921. The largest absolute Gasteiger partial charge is 0.497 e. The Hall–Kier alpha value is -2.10. The average molecular weight is 297 g/mol. The zero-order valence-corrected chi connectivity index (χ0v) is 13.2. The summed E-state index contributed by atoms with van der Waals surface area (Å²) in [5.74, 6) is 2.44. The van der Waals surface area contributed by atoms with Crippen molar-refractivity contribution in [1.82, 2.24) is 9.97 Å². The fourth-order valence-electron chi connectivity index (χ4n) is 2.94. The van der Waals surface area contributed by atoms with Gasteiger partial charge in [-0.2, -0.15) is 0 Å². The van der Waals surface area contributed by atoms with Gasteiger partial charge < -0.3 is 10.1 Å². The van der Waals surface area contributed by atoms with Gasteiger partial charge in [0.2, 0.25) is 5.95 Å². The summed E-state index contributed by atoms with van der Waals surface area (Å²) in [5.41, 5.74) is 2.01. The number of methoxy groups -OCH3 is 1. The lowest BCUT2D eigenvalue weighted by molar-refractivity contribution is 0.360. The highest BCUT2D eigenvalue weighted by atomic mass is 16.5. The number of hydrogen-bond acceptors (Lipinski definition) is 4. The van der Waals surface area contributed by atoms with Crippen molar-refractivity contribution in [2.75, 3.05) is 12.4 Å². The molecule has 2 aromatic rings. The second kappa shape index (κ2) is 6.77. The van der Waals surface area contributed by atoms with Crippen LogP contribution in [0.4, 0.5) is 5.95 Å². The summed E-state index contributed by atoms with van der Waals surface area (Å²) in [5, 5.41) is 3.49. The first-order chi connectivity index (χ1) is 10.7. The maximum atomic E-state index is 5.19. The van der Waals surface area contributed by atoms with Crippen LogP contribution in [0.1, 0.15) is 32.6 Å². The molecule has 116 valence electrons. The number of hydrogen-bond donors (Lipinski definition) is 1. The normalized spacial score (nSPS) is 21.4. The maximum Gasteiger partial charge on any atom is 0.223 e. The van der Waals surface area contributed by atoms with Gasteiger partial charge in [0.1, 0.15) is 5.75 Å². The summed E-state index contributed by atoms with van der Waals surface area (Å²) in [7, 11) is 1.67. The standard InChI is InChI=1S/C18H23N3O/c1-13-3-7-15(8-4-13)20-18-19-12-11-17(21-18)14-5-9-16(22-2)10-6-14/h5-6,9-13,15H,3-4,7-8H2,1-2H3,(H,19,20,21). The third kappa shape index (κ3) is 3.56. The van der Waals surface area contributed by atoms with Crippen LogP contribution < -0.4 is 10.1 Å². The first kappa shape index (κ1) is 14.8. The smallest absolute Gasteiger partial charge is 0.223 e. The topological polar surface area (TPSA) is 47.0 Å². The molecule has 0 saturated heterocycles. The number of anilines is 1. The molecule has 0 radical (unpaired) electrons. The summed E-state index contributed by atoms with van der Waals surface area (Å²) in [4.78, 5) is 9.01. The molecule has 4 heteroatoms. The van der Waals surface area contributed by atoms with Gasteiger partial charge in [0.15, 0.2) is 0 Å². The predicted octanol–water partition coefficient (Wildman–Crippen LogP) is 4.14. The Balaban J connectivity index is 1.71. The summed E-state index contributed by atoms with van der Waals surface area (Å²) in [6.45, 7) is 2.33. The fraction of sp³-hybridized carbons (Fsp3) is 0.444. The molecule has 0 aliphatic heterocycles. The van der Waals surface area contributed by atoms with E-state index < -0.39 is 0 Å². The molecule has 0 amide bonds. The van der Waals surface area contributed by atoms with Crippen molar-refractivity contribution >= 4 is 5.95 Å². The van der Waals surface area contributed by atoms with E-state index in [0.717, 1.165) is 28.9 Å². The van der Waals surface area contributed by atoms with Crippen molar-refractivity contribution in [3.05, 3.63) is 36.5 Å². The highest BCUT2D eigenvalue weighted by molar-refractivity contribution is 5.60. The van der Waals surface area contributed by atoms with Crippen LogP contribution in [-0.2, 0) is 0 Å². The zero-order chi connectivity index (χ0) is 15.4. The van der Waals surface area contributed by atoms with E-state index in [2.05, 4.69) is 22.2 Å². The average Bonchev–Trinajstić information content (AvgIpc) is 2.57. The summed E-state index contributed by atoms with van der Waals surface area (Å²) in [6.07, 6.45) is 6.81. The van der Waals surface area contributed by atoms with Crippen molar-refractivity contribution in [2.45, 2.75) is 38.6 Å². The molecule has 1 aliphatic carbocycles. The Morgan fingerprint density at radius 1 is 1.05 bits per heavy atom. The van der Waals surface area contributed by atoms with Crippen molar-refractivity contribution < 1.29 is 4.74 Å². The summed E-state index contributed by atoms with van der Waals surface area (Å²) < 4.78 is 5.19. The van der Waals surface area contributed by atoms with Gasteiger partial charge in [-0.3, -0.25) is 0 Å². The third-order valence-electron chi connectivity index (χ3n) is 4.39. The molecule has 1 aliphatic rings. The van der Waals surface area contributed by atoms with E-state index in [0.29, 0.717) is 6.04 Å². The minimum atomic E-state index is 0.502. The first-order valence-electron chi connectivity index (χ1n) is 7.98. The van der Waals surface area contributed by atoms with Crippen LogP contribution in [0, 0.1) is 5.92 Å². The summed E-state index contributed by atoms with van der Waals surface area (Å²) >= 11 is 0. The van der Waals surface area contributed by atoms with Crippen LogP contribution in [0.2, 0.25) is 0 Å². The molecule has 3 rings (SSSR count). The molecule has 0 atom stereocenters. The zero-order valence-electron chi connectivity index (χ0n) is 13.2. The molecule has 0 bridgehead atoms. The van der Waals surface area contributed by atoms with Crippen molar-refractivity contribution in [2.24, 2.45) is 5.92 Å². The molecule has 1 aromatic carbocycles.